The minimum Gasteiger partial charge on any atom is -0.481 e. The van der Waals surface area contributed by atoms with Crippen molar-refractivity contribution in [2.45, 2.75) is 193 Å². The molecule has 4 heteroatoms. The monoisotopic (exact) mass is 589 g/mol. The van der Waals surface area contributed by atoms with Crippen molar-refractivity contribution >= 4 is 11.9 Å². The summed E-state index contributed by atoms with van der Waals surface area (Å²) in [6.07, 6.45) is 43.3. The third-order valence-electron chi connectivity index (χ3n) is 7.88. The number of ether oxygens (including phenoxy) is 1. The molecule has 42 heavy (non-hydrogen) atoms. The molecule has 0 amide bonds. The van der Waals surface area contributed by atoms with Crippen molar-refractivity contribution < 1.29 is 19.4 Å². The van der Waals surface area contributed by atoms with Crippen molar-refractivity contribution in [2.24, 2.45) is 0 Å². The van der Waals surface area contributed by atoms with E-state index in [1.165, 1.54) is 83.5 Å². The van der Waals surface area contributed by atoms with Crippen molar-refractivity contribution in [1.82, 2.24) is 0 Å². The topological polar surface area (TPSA) is 63.6 Å². The zero-order chi connectivity index (χ0) is 30.8. The molecule has 0 aromatic rings. The first-order valence-electron chi connectivity index (χ1n) is 18.0. The normalized spacial score (nSPS) is 12.6. The Kier molecular flexibility index (Phi) is 32.2. The highest BCUT2D eigenvalue weighted by Crippen LogP contribution is 2.18. The van der Waals surface area contributed by atoms with Gasteiger partial charge in [-0.15, -0.1) is 0 Å². The molecule has 0 aliphatic rings. The summed E-state index contributed by atoms with van der Waals surface area (Å²) in [6, 6.07) is 0. The molecule has 0 aliphatic carbocycles. The number of carboxylic acids is 1. The van der Waals surface area contributed by atoms with Gasteiger partial charge < -0.3 is 9.84 Å². The quantitative estimate of drug-likeness (QED) is 0.0482. The van der Waals surface area contributed by atoms with Crippen LogP contribution in [0.15, 0.2) is 36.5 Å². The number of aliphatic carboxylic acids is 1. The van der Waals surface area contributed by atoms with Gasteiger partial charge in [-0.1, -0.05) is 140 Å². The van der Waals surface area contributed by atoms with Crippen molar-refractivity contribution in [3.63, 3.8) is 0 Å². The number of hydrogen-bond donors (Lipinski definition) is 1. The molecule has 1 unspecified atom stereocenters. The van der Waals surface area contributed by atoms with Gasteiger partial charge >= 0.3 is 11.9 Å². The van der Waals surface area contributed by atoms with Crippen LogP contribution in [0.1, 0.15) is 187 Å². The lowest BCUT2D eigenvalue weighted by Gasteiger charge is -2.18. The number of carboxylic acid groups (broad SMARTS) is 1. The van der Waals surface area contributed by atoms with E-state index in [1.807, 2.05) is 0 Å². The zero-order valence-electron chi connectivity index (χ0n) is 27.8. The highest BCUT2D eigenvalue weighted by Gasteiger charge is 2.14. The predicted molar refractivity (Wildman–Crippen MR) is 181 cm³/mol. The van der Waals surface area contributed by atoms with E-state index >= 15 is 0 Å². The summed E-state index contributed by atoms with van der Waals surface area (Å²) in [5.41, 5.74) is 0. The minimum absolute atomic E-state index is 0.00382. The van der Waals surface area contributed by atoms with Gasteiger partial charge in [0.2, 0.25) is 0 Å². The Morgan fingerprint density at radius 1 is 0.548 bits per heavy atom. The number of carbonyl (C=O) groups is 2. The van der Waals surface area contributed by atoms with E-state index in [-0.39, 0.29) is 12.1 Å². The molecule has 4 nitrogen and oxygen atoms in total. The third kappa shape index (κ3) is 32.7. The van der Waals surface area contributed by atoms with Crippen molar-refractivity contribution in [3.8, 4) is 0 Å². The Labute approximate surface area is 260 Å². The van der Waals surface area contributed by atoms with Gasteiger partial charge in [-0.3, -0.25) is 9.59 Å². The number of unbranched alkanes of at least 4 members (excludes halogenated alkanes) is 17. The first kappa shape index (κ1) is 40.2. The lowest BCUT2D eigenvalue weighted by molar-refractivity contribution is -0.150. The van der Waals surface area contributed by atoms with Crippen LogP contribution >= 0.6 is 0 Å². The van der Waals surface area contributed by atoms with E-state index in [0.29, 0.717) is 12.8 Å². The summed E-state index contributed by atoms with van der Waals surface area (Å²) in [5, 5.41) is 8.70. The Bertz CT molecular complexity index is 679. The fourth-order valence-electron chi connectivity index (χ4n) is 5.26. The maximum atomic E-state index is 12.5. The summed E-state index contributed by atoms with van der Waals surface area (Å²) in [6.45, 7) is 4.38. The molecule has 0 fully saturated rings. The van der Waals surface area contributed by atoms with E-state index < -0.39 is 5.97 Å². The van der Waals surface area contributed by atoms with Gasteiger partial charge in [0.1, 0.15) is 6.10 Å². The first-order valence-corrected chi connectivity index (χ1v) is 18.0. The lowest BCUT2D eigenvalue weighted by atomic mass is 10.0. The van der Waals surface area contributed by atoms with Crippen LogP contribution in [0, 0.1) is 0 Å². The van der Waals surface area contributed by atoms with Gasteiger partial charge in [-0.25, -0.2) is 0 Å². The minimum atomic E-state index is -0.690. The lowest BCUT2D eigenvalue weighted by Crippen LogP contribution is -2.18. The van der Waals surface area contributed by atoms with Crippen LogP contribution < -0.4 is 0 Å². The second-order valence-electron chi connectivity index (χ2n) is 12.0. The molecule has 0 spiro atoms. The highest BCUT2D eigenvalue weighted by atomic mass is 16.5. The van der Waals surface area contributed by atoms with E-state index in [4.69, 9.17) is 9.84 Å². The summed E-state index contributed by atoms with van der Waals surface area (Å²) < 4.78 is 5.91. The average Bonchev–Trinajstić information content (AvgIpc) is 2.97. The largest absolute Gasteiger partial charge is 0.481 e. The number of carbonyl (C=O) groups excluding carboxylic acids is 1. The van der Waals surface area contributed by atoms with Gasteiger partial charge in [0.15, 0.2) is 0 Å². The summed E-state index contributed by atoms with van der Waals surface area (Å²) in [4.78, 5) is 23.0. The Morgan fingerprint density at radius 3 is 1.55 bits per heavy atom. The second kappa shape index (κ2) is 33.7. The van der Waals surface area contributed by atoms with Crippen molar-refractivity contribution in [2.75, 3.05) is 0 Å². The van der Waals surface area contributed by atoms with Gasteiger partial charge in [-0.05, 0) is 70.6 Å². The molecule has 0 saturated heterocycles. The van der Waals surface area contributed by atoms with Crippen LogP contribution in [0.3, 0.4) is 0 Å². The molecule has 0 heterocycles. The van der Waals surface area contributed by atoms with E-state index in [1.54, 1.807) is 0 Å². The second-order valence-corrected chi connectivity index (χ2v) is 12.0. The first-order chi connectivity index (χ1) is 20.6. The molecule has 244 valence electrons. The molecule has 0 bridgehead atoms. The molecule has 0 rings (SSSR count). The highest BCUT2D eigenvalue weighted by molar-refractivity contribution is 5.69. The fraction of sp³-hybridized carbons (Fsp3) is 0.789. The maximum absolute atomic E-state index is 12.5. The predicted octanol–water partition coefficient (Wildman–Crippen LogP) is 12.2. The van der Waals surface area contributed by atoms with Crippen LogP contribution in [0.5, 0.6) is 0 Å². The third-order valence-corrected chi connectivity index (χ3v) is 7.88. The molecule has 0 saturated carbocycles. The average molecular weight is 589 g/mol. The summed E-state index contributed by atoms with van der Waals surface area (Å²) in [5.74, 6) is -0.686. The van der Waals surface area contributed by atoms with E-state index in [2.05, 4.69) is 50.3 Å². The Balaban J connectivity index is 3.71. The molecule has 0 aliphatic heterocycles. The zero-order valence-corrected chi connectivity index (χ0v) is 27.8. The SMILES string of the molecule is CC/C=C\C/C=C\C/C=C\CCCCCCCCCCCC(=O)OC(CCCCC)CCCCCCCCCC(=O)O. The van der Waals surface area contributed by atoms with Crippen molar-refractivity contribution in [3.05, 3.63) is 36.5 Å². The van der Waals surface area contributed by atoms with Crippen LogP contribution in [0.25, 0.3) is 0 Å². The van der Waals surface area contributed by atoms with Gasteiger partial charge in [0.05, 0.1) is 0 Å². The van der Waals surface area contributed by atoms with Crippen LogP contribution in [-0.2, 0) is 14.3 Å². The number of rotatable bonds is 32. The van der Waals surface area contributed by atoms with Crippen molar-refractivity contribution in [1.29, 1.82) is 0 Å². The molecule has 0 radical (unpaired) electrons. The number of allylic oxidation sites excluding steroid dienone is 6. The molecule has 0 aromatic carbocycles. The molecule has 1 atom stereocenters. The number of hydrogen-bond acceptors (Lipinski definition) is 3. The maximum Gasteiger partial charge on any atom is 0.306 e. The molecule has 1 N–H and O–H groups in total. The van der Waals surface area contributed by atoms with Crippen LogP contribution in [0.2, 0.25) is 0 Å². The Hall–Kier alpha value is -1.84. The van der Waals surface area contributed by atoms with Gasteiger partial charge in [-0.2, -0.15) is 0 Å². The molecular formula is C38H68O4. The van der Waals surface area contributed by atoms with Gasteiger partial charge in [0, 0.05) is 12.8 Å². The Morgan fingerprint density at radius 2 is 1.00 bits per heavy atom. The molecule has 0 aromatic heterocycles. The van der Waals surface area contributed by atoms with Gasteiger partial charge in [0.25, 0.3) is 0 Å². The van der Waals surface area contributed by atoms with E-state index in [0.717, 1.165) is 77.0 Å². The fourth-order valence-corrected chi connectivity index (χ4v) is 5.26. The van der Waals surface area contributed by atoms with E-state index in [9.17, 15) is 9.59 Å². The molecular weight excluding hydrogens is 520 g/mol. The van der Waals surface area contributed by atoms with Crippen LogP contribution in [-0.4, -0.2) is 23.1 Å². The summed E-state index contributed by atoms with van der Waals surface area (Å²) >= 11 is 0. The summed E-state index contributed by atoms with van der Waals surface area (Å²) in [7, 11) is 0. The van der Waals surface area contributed by atoms with Crippen LogP contribution in [0.4, 0.5) is 0 Å². The number of esters is 1. The smallest absolute Gasteiger partial charge is 0.306 e. The standard InChI is InChI=1S/C38H68O4/c1-3-5-7-8-9-10-11-12-13-14-15-16-17-18-19-20-24-27-31-35-38(41)42-36(32-28-6-4-2)33-29-25-22-21-23-26-30-34-37(39)40/h5,7,9-10,12-13,36H,3-4,6,8,11,14-35H2,1-2H3,(H,39,40)/b7-5-,10-9-,13-12-.